The highest BCUT2D eigenvalue weighted by Crippen LogP contribution is 2.28. The highest BCUT2D eigenvalue weighted by Gasteiger charge is 2.32. The molecule has 5 nitrogen and oxygen atoms in total. The number of aryl methyl sites for hydroxylation is 1. The Bertz CT molecular complexity index is 821. The quantitative estimate of drug-likeness (QED) is 0.723. The molecule has 1 saturated heterocycles. The molecule has 4 rings (SSSR count). The molecule has 3 aromatic rings. The molecular formula is C17H16N2O3S. The van der Waals surface area contributed by atoms with Crippen molar-refractivity contribution in [3.8, 4) is 0 Å². The lowest BCUT2D eigenvalue weighted by Gasteiger charge is -2.34. The van der Waals surface area contributed by atoms with E-state index in [1.54, 1.807) is 22.3 Å². The van der Waals surface area contributed by atoms with Gasteiger partial charge < -0.3 is 14.1 Å². The van der Waals surface area contributed by atoms with Crippen molar-refractivity contribution in [1.82, 2.24) is 9.88 Å². The van der Waals surface area contributed by atoms with Crippen molar-refractivity contribution in [2.75, 3.05) is 19.8 Å². The van der Waals surface area contributed by atoms with Gasteiger partial charge in [-0.25, -0.2) is 4.98 Å². The molecule has 1 aliphatic heterocycles. The number of para-hydroxylation sites is 1. The number of morpholine rings is 1. The third-order valence-electron chi connectivity index (χ3n) is 4.00. The Kier molecular flexibility index (Phi) is 3.63. The van der Waals surface area contributed by atoms with E-state index in [9.17, 15) is 4.79 Å². The van der Waals surface area contributed by atoms with Crippen molar-refractivity contribution in [2.24, 2.45) is 0 Å². The number of amides is 1. The van der Waals surface area contributed by atoms with Gasteiger partial charge in [-0.3, -0.25) is 4.79 Å². The van der Waals surface area contributed by atoms with Gasteiger partial charge in [-0.1, -0.05) is 18.2 Å². The van der Waals surface area contributed by atoms with Crippen LogP contribution in [0.4, 0.5) is 0 Å². The summed E-state index contributed by atoms with van der Waals surface area (Å²) in [6.45, 7) is 3.50. The first-order valence-corrected chi connectivity index (χ1v) is 8.39. The summed E-state index contributed by atoms with van der Waals surface area (Å²) in [4.78, 5) is 19.2. The minimum absolute atomic E-state index is 0.111. The average molecular weight is 328 g/mol. The number of fused-ring (bicyclic) bond motifs is 1. The zero-order valence-corrected chi connectivity index (χ0v) is 13.5. The van der Waals surface area contributed by atoms with Crippen LogP contribution >= 0.6 is 11.3 Å². The third-order valence-corrected chi connectivity index (χ3v) is 4.80. The number of nitrogens with zero attached hydrogens (tertiary/aromatic N) is 2. The first-order chi connectivity index (χ1) is 11.2. The molecule has 2 aromatic heterocycles. The fraction of sp³-hybridized carbons (Fsp3) is 0.294. The van der Waals surface area contributed by atoms with Gasteiger partial charge in [-0.2, -0.15) is 0 Å². The van der Waals surface area contributed by atoms with Gasteiger partial charge in [-0.05, 0) is 19.1 Å². The Hall–Kier alpha value is -2.18. The van der Waals surface area contributed by atoms with Gasteiger partial charge >= 0.3 is 0 Å². The largest absolute Gasteiger partial charge is 0.451 e. The van der Waals surface area contributed by atoms with Crippen LogP contribution < -0.4 is 0 Å². The molecule has 0 N–H and O–H groups in total. The molecule has 0 spiro atoms. The first-order valence-electron chi connectivity index (χ1n) is 7.52. The minimum atomic E-state index is -0.158. The Morgan fingerprint density at radius 1 is 1.39 bits per heavy atom. The molecule has 1 aromatic carbocycles. The van der Waals surface area contributed by atoms with E-state index in [-0.39, 0.29) is 11.9 Å². The summed E-state index contributed by atoms with van der Waals surface area (Å²) in [7, 11) is 0. The minimum Gasteiger partial charge on any atom is -0.451 e. The van der Waals surface area contributed by atoms with E-state index in [2.05, 4.69) is 4.98 Å². The standard InChI is InChI=1S/C17H16N2O3S/c1-11-18-13(10-23-11)14-9-21-7-6-19(14)17(20)16-8-12-4-2-3-5-15(12)22-16/h2-5,8,10,14H,6-7,9H2,1H3/t14-/m1/s1. The van der Waals surface area contributed by atoms with Gasteiger partial charge in [0.2, 0.25) is 0 Å². The molecule has 0 saturated carbocycles. The zero-order chi connectivity index (χ0) is 15.8. The van der Waals surface area contributed by atoms with Crippen LogP contribution in [0.3, 0.4) is 0 Å². The van der Waals surface area contributed by atoms with Crippen molar-refractivity contribution in [3.05, 3.63) is 52.2 Å². The van der Waals surface area contributed by atoms with Crippen LogP contribution in [0.1, 0.15) is 27.3 Å². The van der Waals surface area contributed by atoms with E-state index < -0.39 is 0 Å². The van der Waals surface area contributed by atoms with Crippen molar-refractivity contribution in [1.29, 1.82) is 0 Å². The summed E-state index contributed by atoms with van der Waals surface area (Å²) in [5, 5.41) is 3.92. The predicted octanol–water partition coefficient (Wildman–Crippen LogP) is 3.41. The van der Waals surface area contributed by atoms with E-state index in [0.29, 0.717) is 25.5 Å². The lowest BCUT2D eigenvalue weighted by Crippen LogP contribution is -2.43. The molecule has 0 bridgehead atoms. The average Bonchev–Trinajstić information content (AvgIpc) is 3.20. The summed E-state index contributed by atoms with van der Waals surface area (Å²) >= 11 is 1.58. The highest BCUT2D eigenvalue weighted by atomic mass is 32.1. The monoisotopic (exact) mass is 328 g/mol. The number of carbonyl (C=O) groups excluding carboxylic acids is 1. The Morgan fingerprint density at radius 3 is 3.04 bits per heavy atom. The van der Waals surface area contributed by atoms with Crippen LogP contribution in [0.2, 0.25) is 0 Å². The fourth-order valence-electron chi connectivity index (χ4n) is 2.85. The third kappa shape index (κ3) is 2.64. The molecule has 1 fully saturated rings. The van der Waals surface area contributed by atoms with Crippen LogP contribution in [0.15, 0.2) is 40.1 Å². The van der Waals surface area contributed by atoms with Gasteiger partial charge in [0.05, 0.1) is 30.0 Å². The molecule has 6 heteroatoms. The SMILES string of the molecule is Cc1nc([C@H]2COCCN2C(=O)c2cc3ccccc3o2)cs1. The van der Waals surface area contributed by atoms with Crippen molar-refractivity contribution in [3.63, 3.8) is 0 Å². The number of carbonyl (C=O) groups is 1. The molecule has 1 atom stereocenters. The zero-order valence-electron chi connectivity index (χ0n) is 12.7. The van der Waals surface area contributed by atoms with Crippen LogP contribution in [-0.4, -0.2) is 35.5 Å². The summed E-state index contributed by atoms with van der Waals surface area (Å²) in [5.74, 6) is 0.255. The number of furan rings is 1. The van der Waals surface area contributed by atoms with Crippen molar-refractivity contribution < 1.29 is 13.9 Å². The summed E-state index contributed by atoms with van der Waals surface area (Å²) < 4.78 is 11.3. The number of aromatic nitrogens is 1. The van der Waals surface area contributed by atoms with Gasteiger partial charge in [-0.15, -0.1) is 11.3 Å². The van der Waals surface area contributed by atoms with Crippen LogP contribution in [0, 0.1) is 6.92 Å². The number of thiazole rings is 1. The number of ether oxygens (including phenoxy) is 1. The van der Waals surface area contributed by atoms with E-state index in [4.69, 9.17) is 9.15 Å². The lowest BCUT2D eigenvalue weighted by molar-refractivity contribution is -0.00520. The second-order valence-corrected chi connectivity index (χ2v) is 6.59. The fourth-order valence-corrected chi connectivity index (χ4v) is 3.51. The molecule has 1 amide bonds. The van der Waals surface area contributed by atoms with Crippen molar-refractivity contribution in [2.45, 2.75) is 13.0 Å². The summed E-state index contributed by atoms with van der Waals surface area (Å²) in [6.07, 6.45) is 0. The molecule has 3 heterocycles. The van der Waals surface area contributed by atoms with Gasteiger partial charge in [0, 0.05) is 17.3 Å². The highest BCUT2D eigenvalue weighted by molar-refractivity contribution is 7.09. The maximum atomic E-state index is 12.9. The van der Waals surface area contributed by atoms with Crippen LogP contribution in [-0.2, 0) is 4.74 Å². The van der Waals surface area contributed by atoms with Crippen molar-refractivity contribution >= 4 is 28.2 Å². The Morgan fingerprint density at radius 2 is 2.26 bits per heavy atom. The van der Waals surface area contributed by atoms with E-state index in [1.807, 2.05) is 36.6 Å². The maximum absolute atomic E-state index is 12.9. The lowest BCUT2D eigenvalue weighted by atomic mass is 10.1. The smallest absolute Gasteiger partial charge is 0.290 e. The summed E-state index contributed by atoms with van der Waals surface area (Å²) in [6, 6.07) is 9.28. The number of hydrogen-bond acceptors (Lipinski definition) is 5. The second-order valence-electron chi connectivity index (χ2n) is 5.53. The number of rotatable bonds is 2. The normalized spacial score (nSPS) is 18.5. The molecule has 118 valence electrons. The van der Waals surface area contributed by atoms with Gasteiger partial charge in [0.15, 0.2) is 5.76 Å². The molecule has 0 radical (unpaired) electrons. The molecular weight excluding hydrogens is 312 g/mol. The van der Waals surface area contributed by atoms with E-state index >= 15 is 0 Å². The second kappa shape index (κ2) is 5.79. The number of hydrogen-bond donors (Lipinski definition) is 0. The van der Waals surface area contributed by atoms with Gasteiger partial charge in [0.25, 0.3) is 5.91 Å². The topological polar surface area (TPSA) is 55.6 Å². The van der Waals surface area contributed by atoms with Crippen LogP contribution in [0.25, 0.3) is 11.0 Å². The molecule has 23 heavy (non-hydrogen) atoms. The predicted molar refractivity (Wildman–Crippen MR) is 87.7 cm³/mol. The molecule has 1 aliphatic rings. The van der Waals surface area contributed by atoms with Crippen LogP contribution in [0.5, 0.6) is 0 Å². The van der Waals surface area contributed by atoms with E-state index in [0.717, 1.165) is 21.7 Å². The maximum Gasteiger partial charge on any atom is 0.290 e. The van der Waals surface area contributed by atoms with Gasteiger partial charge in [0.1, 0.15) is 5.58 Å². The first kappa shape index (κ1) is 14.4. The Balaban J connectivity index is 1.67. The van der Waals surface area contributed by atoms with E-state index in [1.165, 1.54) is 0 Å². The molecule has 0 unspecified atom stereocenters. The number of benzene rings is 1. The summed E-state index contributed by atoms with van der Waals surface area (Å²) in [5.41, 5.74) is 1.61. The Labute approximate surface area is 137 Å². The molecule has 0 aliphatic carbocycles.